The number of imide groups is 1. The largest absolute Gasteiger partial charge is 1.00 e. The number of phosphoric acid groups is 1. The second kappa shape index (κ2) is 47.3. The first-order chi connectivity index (χ1) is 60.2. The van der Waals surface area contributed by atoms with E-state index in [0.29, 0.717) is 87.6 Å². The van der Waals surface area contributed by atoms with E-state index >= 15 is 0 Å². The van der Waals surface area contributed by atoms with Gasteiger partial charge >= 0.3 is 99.3 Å². The Morgan fingerprint density at radius 1 is 0.699 bits per heavy atom. The van der Waals surface area contributed by atoms with Gasteiger partial charge in [0.25, 0.3) is 32.6 Å². The van der Waals surface area contributed by atoms with Crippen molar-refractivity contribution in [3.05, 3.63) is 48.7 Å². The summed E-state index contributed by atoms with van der Waals surface area (Å²) in [5.41, 5.74) is 25.7. The summed E-state index contributed by atoms with van der Waals surface area (Å²) < 4.78 is 65.5. The van der Waals surface area contributed by atoms with E-state index in [1.165, 1.54) is 56.9 Å². The Bertz CT molecular complexity index is 5290. The molecule has 58 heteroatoms. The summed E-state index contributed by atoms with van der Waals surface area (Å²) in [6, 6.07) is -1.53. The third-order valence-corrected chi connectivity index (χ3v) is 30.3. The zero-order chi connectivity index (χ0) is 95.9. The average Bonchev–Trinajstić information content (AvgIpc) is 1.52. The second-order valence-electron chi connectivity index (χ2n) is 33.6. The number of thioether (sulfide) groups is 1. The number of likely N-dealkylation sites (N-methyl/N-ethyl adjacent to an activating group) is 1. The van der Waals surface area contributed by atoms with Gasteiger partial charge in [-0.25, -0.2) is 29.9 Å². The molecule has 12 heterocycles. The van der Waals surface area contributed by atoms with Crippen LogP contribution in [0.2, 0.25) is 0 Å². The number of primary amides is 2. The van der Waals surface area contributed by atoms with Crippen LogP contribution in [0.15, 0.2) is 68.7 Å². The van der Waals surface area contributed by atoms with E-state index in [-0.39, 0.29) is 193 Å². The van der Waals surface area contributed by atoms with Crippen LogP contribution in [0.5, 0.6) is 0 Å². The molecule has 0 saturated carbocycles. The number of carbonyl (C=O) groups is 10. The number of aliphatic carboxylic acids is 4. The average molecular weight is 1920 g/mol. The van der Waals surface area contributed by atoms with Gasteiger partial charge in [0.2, 0.25) is 33.5 Å². The first kappa shape index (κ1) is 116. The van der Waals surface area contributed by atoms with Crippen molar-refractivity contribution in [1.82, 2.24) is 48.8 Å². The number of aliphatic hydroxyl groups excluding tert-OH is 4. The molecule has 23 atom stereocenters. The van der Waals surface area contributed by atoms with Crippen LogP contribution in [-0.4, -0.2) is 265 Å². The fourth-order valence-corrected chi connectivity index (χ4v) is 22.9. The minimum absolute atomic E-state index is 0. The number of hydrogen-bond donors (Lipinski definition) is 15. The van der Waals surface area contributed by atoms with Crippen molar-refractivity contribution in [1.29, 1.82) is 0 Å². The maximum Gasteiger partial charge on any atom is 1.00 e. The van der Waals surface area contributed by atoms with Crippen LogP contribution < -0.4 is 124 Å². The number of amides is 4. The first-order valence-electron chi connectivity index (χ1n) is 40.4. The minimum atomic E-state index is -5.83. The zero-order valence-electron chi connectivity index (χ0n) is 75.5. The Balaban J connectivity index is 0.000000369. The molecule has 0 spiro atoms. The maximum absolute atomic E-state index is 13.3. The van der Waals surface area contributed by atoms with Gasteiger partial charge in [-0.2, -0.15) is 16.6 Å². The van der Waals surface area contributed by atoms with E-state index in [4.69, 9.17) is 66.7 Å². The van der Waals surface area contributed by atoms with E-state index in [2.05, 4.69) is 44.5 Å². The molecule has 8 bridgehead atoms. The smallest absolute Gasteiger partial charge is 0.766 e. The number of anilines is 2. The number of phosphoric ester groups is 1. The van der Waals surface area contributed by atoms with Crippen LogP contribution in [0, 0.1) is 51.2 Å². The third kappa shape index (κ3) is 26.4. The molecular weight excluding hydrogens is 1820 g/mol. The molecule has 15 unspecified atom stereocenters. The predicted molar refractivity (Wildman–Crippen MR) is 445 cm³/mol. The summed E-state index contributed by atoms with van der Waals surface area (Å²) in [7, 11) is -17.2. The number of aromatic nitrogens is 8. The molecular formula is C75H106Li4N19O31P3S+2. The van der Waals surface area contributed by atoms with Gasteiger partial charge in [0.1, 0.15) is 54.2 Å². The standard InChI is InChI=1S/C45H64N6O12.C14H20N6O5S.C10H17N6O12P3.C6H7NO2.4Li/c1-22-36-25(10-13-33(57)58)41(3,4)29(49-36)17-28-24(9-12-32(55)56)43(6,18-30(46)53)39(48-28)23(2)37-26(11-14-34(59)60)44(7,19-31(47)54)45(8,51-37)40-27(20-63-21-52)42(5,38(22)50-40)16-15-35(61)62;15-8(24-6-21)1-2-26-3-7-10(22)11(23)14(25-7)20-5-19-9-12(16)17-4-18-13(9)20;11-8-5-9(13-2-12-8)16(3-14-5)10-7(18)6(17)4(27-10)1-26-31(24,25)28-30(22,23)15-29(19,20)21;1-2-7-5(8)3-4-6(7)9;;;;/h21-22,24-27,36,40H,9-20H2,1-8H3,(H2,46,53)(H2,47,54)(H,55,56)(H,57,58)(H,59,60)(H,61,62);4-8,10-11,14,22-23H,1-3,15H2,(H2,16,17,18);2-4,6-7,10,17-18H,1H2,(H,24,25)(H2,11,12,13)(H4,15,19,20,21,22,23);3-4H,2H2,1H3;;;;/q;;;;4*+1/p-2/b39-23-;;;;;;;/t;7-,8-,10+,11?,14-;4-,6-,7-,10-;;;;;/m.11...../s1. The monoisotopic (exact) mass is 1920 g/mol. The summed E-state index contributed by atoms with van der Waals surface area (Å²) >= 11 is 1.51. The van der Waals surface area contributed by atoms with Crippen molar-refractivity contribution in [2.45, 2.75) is 212 Å². The molecule has 2 saturated heterocycles. The number of quaternary nitrogens is 1. The summed E-state index contributed by atoms with van der Waals surface area (Å²) in [5.74, 6) is -7.72. The molecule has 8 aliphatic rings. The van der Waals surface area contributed by atoms with E-state index in [1.807, 2.05) is 48.5 Å². The van der Waals surface area contributed by atoms with Crippen LogP contribution in [0.1, 0.15) is 152 Å². The van der Waals surface area contributed by atoms with Crippen molar-refractivity contribution in [3.63, 3.8) is 0 Å². The number of nitrogens with two attached hydrogens (primary N) is 4. The molecule has 50 nitrogen and oxygen atoms in total. The van der Waals surface area contributed by atoms with Gasteiger partial charge in [0.05, 0.1) is 55.3 Å². The van der Waals surface area contributed by atoms with Gasteiger partial charge in [0, 0.05) is 150 Å². The van der Waals surface area contributed by atoms with Crippen molar-refractivity contribution in [3.8, 4) is 0 Å². The fraction of sp³-hybridized carbons (Fsp3) is 0.627. The summed E-state index contributed by atoms with van der Waals surface area (Å²) in [4.78, 5) is 208. The molecule has 133 heavy (non-hydrogen) atoms. The second-order valence-corrected chi connectivity index (χ2v) is 39.4. The number of nitrogen functional groups attached to an aromatic ring is 2. The number of imidazole rings is 2. The molecule has 4 aromatic heterocycles. The van der Waals surface area contributed by atoms with Crippen LogP contribution in [0.4, 0.5) is 11.6 Å². The Morgan fingerprint density at radius 3 is 1.70 bits per heavy atom. The van der Waals surface area contributed by atoms with E-state index in [9.17, 15) is 117 Å². The van der Waals surface area contributed by atoms with Crippen molar-refractivity contribution >= 4 is 152 Å². The van der Waals surface area contributed by atoms with Gasteiger partial charge in [-0.15, -0.1) is 0 Å². The molecule has 12 rings (SSSR count). The predicted octanol–water partition coefficient (Wildman–Crippen LogP) is -13.6. The summed E-state index contributed by atoms with van der Waals surface area (Å²) in [6.45, 7) is 16.6. The molecule has 2 fully saturated rings. The normalized spacial score (nSPS) is 30.8. The number of aliphatic imine (C=N–C) groups is 4. The van der Waals surface area contributed by atoms with E-state index in [0.717, 1.165) is 6.33 Å². The molecule has 710 valence electrons. The summed E-state index contributed by atoms with van der Waals surface area (Å²) in [6.07, 6.45) is -3.03. The number of allylic oxidation sites excluding steroid dienone is 2. The molecule has 21 N–H and O–H groups in total. The number of carbonyl (C=O) groups excluding carboxylic acids is 6. The van der Waals surface area contributed by atoms with E-state index < -0.39 is 184 Å². The Morgan fingerprint density at radius 2 is 1.21 bits per heavy atom. The van der Waals surface area contributed by atoms with Gasteiger partial charge in [-0.3, -0.25) is 100.0 Å². The Hall–Kier alpha value is -7.37. The molecule has 0 radical (unpaired) electrons. The topological polar surface area (TPSA) is 812 Å². The van der Waals surface area contributed by atoms with Gasteiger partial charge in [0.15, 0.2) is 35.4 Å². The Kier molecular flexibility index (Phi) is 41.3. The molecule has 4 amide bonds. The zero-order valence-corrected chi connectivity index (χ0v) is 79.0. The van der Waals surface area contributed by atoms with Gasteiger partial charge < -0.3 is 113 Å². The summed E-state index contributed by atoms with van der Waals surface area (Å²) in [5, 5.41) is 81.1. The van der Waals surface area contributed by atoms with Gasteiger partial charge in [-0.1, -0.05) is 41.5 Å². The number of nitrogens with zero attached hydrogens (tertiary/aromatic N) is 13. The van der Waals surface area contributed by atoms with Crippen LogP contribution in [-0.2, 0) is 89.4 Å². The maximum atomic E-state index is 13.3. The number of rotatable bonds is 36. The number of fused-ring (bicyclic) bond motifs is 7. The van der Waals surface area contributed by atoms with Crippen LogP contribution in [0.25, 0.3) is 22.3 Å². The number of nitrogens with one attached hydrogen (secondary N) is 1. The number of hydrogen-bond acceptors (Lipinski definition) is 39. The molecule has 0 aromatic carbocycles. The minimum Gasteiger partial charge on any atom is -0.766 e. The number of ether oxygens (including phenoxy) is 4. The molecule has 0 aliphatic carbocycles. The first-order valence-corrected chi connectivity index (χ1v) is 46.2. The van der Waals surface area contributed by atoms with Crippen molar-refractivity contribution in [2.24, 2.45) is 82.7 Å². The molecule has 4 aromatic rings. The Labute approximate surface area is 813 Å². The van der Waals surface area contributed by atoms with Crippen molar-refractivity contribution < 1.29 is 231 Å². The molecule has 8 aliphatic heterocycles. The number of carboxylic acids is 4. The van der Waals surface area contributed by atoms with E-state index in [1.54, 1.807) is 13.8 Å². The van der Waals surface area contributed by atoms with Crippen molar-refractivity contribution in [2.75, 3.05) is 42.7 Å². The quantitative estimate of drug-likeness (QED) is 0.00502. The van der Waals surface area contributed by atoms with Crippen LogP contribution in [0.3, 0.4) is 0 Å². The number of aliphatic hydroxyl groups is 4. The third-order valence-electron chi connectivity index (χ3n) is 25.1. The number of carboxylic acid groups (broad SMARTS) is 4. The fourth-order valence-electron chi connectivity index (χ4n) is 18.5. The SMILES string of the molecule is C/C1=C2/N=C(CC3=NC(C(C)C4=NC(C(COC=O)C4(C)CCC(=O)O)C4(C)N=C1C(CCC(=O)O)C4(C)CC(N)=O)C(CCC(=O)O)C3(C)C)C(CCC(=O)O)C2(C)CC(N)=O.CCN1C(=O)C=CC1=O.Nc1ncnc2c1ncn2[C@@H]1O[C@H](COP(=O)([O-])OP(=O)([O-])NP(=O)([O-])O)[C@@H](O)[C@H]1O.Nc1ncnc2c1ncn2[C@@H]1O[C@H](CSCC[C@H]([NH3+])OC=O)[C@H](O)C1O.[Li+].[Li+].[Li+].[Li+]. The van der Waals surface area contributed by atoms with Crippen LogP contribution >= 0.6 is 35.1 Å². The van der Waals surface area contributed by atoms with Gasteiger partial charge in [-0.05, 0) is 57.9 Å².